The maximum atomic E-state index is 12.2. The Morgan fingerprint density at radius 1 is 1.29 bits per heavy atom. The van der Waals surface area contributed by atoms with E-state index < -0.39 is 10.0 Å². The highest BCUT2D eigenvalue weighted by Gasteiger charge is 2.26. The zero-order chi connectivity index (χ0) is 16.0. The summed E-state index contributed by atoms with van der Waals surface area (Å²) >= 11 is 0. The van der Waals surface area contributed by atoms with Crippen molar-refractivity contribution in [2.45, 2.75) is 38.8 Å². The molecule has 1 aromatic rings. The number of rotatable bonds is 7. The molecule has 0 atom stereocenters. The van der Waals surface area contributed by atoms with Crippen LogP contribution < -0.4 is 0 Å². The third-order valence-electron chi connectivity index (χ3n) is 3.17. The third-order valence-corrected chi connectivity index (χ3v) is 4.82. The summed E-state index contributed by atoms with van der Waals surface area (Å²) in [7, 11) is -2.26. The number of carbonyl (C=O) groups excluding carboxylic acids is 1. The monoisotopic (exact) mass is 317 g/mol. The molecule has 0 N–H and O–H groups in total. The van der Waals surface area contributed by atoms with Gasteiger partial charge < -0.3 is 4.90 Å². The molecule has 0 aliphatic rings. The summed E-state index contributed by atoms with van der Waals surface area (Å²) in [4.78, 5) is 17.4. The van der Waals surface area contributed by atoms with Crippen molar-refractivity contribution in [3.05, 3.63) is 6.33 Å². The fraction of sp³-hybridized carbons (Fsp3) is 0.750. The maximum Gasteiger partial charge on any atom is 0.346 e. The average molecular weight is 317 g/mol. The van der Waals surface area contributed by atoms with Crippen LogP contribution in [0.15, 0.2) is 11.5 Å². The van der Waals surface area contributed by atoms with Crippen molar-refractivity contribution in [2.24, 2.45) is 0 Å². The van der Waals surface area contributed by atoms with Gasteiger partial charge >= 0.3 is 6.03 Å². The van der Waals surface area contributed by atoms with E-state index in [1.165, 1.54) is 16.3 Å². The molecule has 0 bridgehead atoms. The molecule has 0 unspecified atom stereocenters. The molecule has 9 heteroatoms. The number of hydrogen-bond donors (Lipinski definition) is 0. The predicted molar refractivity (Wildman–Crippen MR) is 78.5 cm³/mol. The van der Waals surface area contributed by atoms with E-state index in [0.29, 0.717) is 19.6 Å². The van der Waals surface area contributed by atoms with Crippen LogP contribution in [0.4, 0.5) is 4.79 Å². The van der Waals surface area contributed by atoms with Crippen molar-refractivity contribution in [3.63, 3.8) is 0 Å². The number of hydrogen-bond acceptors (Lipinski definition) is 5. The first-order valence-corrected chi connectivity index (χ1v) is 8.49. The summed E-state index contributed by atoms with van der Waals surface area (Å²) < 4.78 is 26.7. The minimum absolute atomic E-state index is 0.346. The Morgan fingerprint density at radius 2 is 1.90 bits per heavy atom. The molecule has 21 heavy (non-hydrogen) atoms. The topological polar surface area (TPSA) is 88.4 Å². The summed E-state index contributed by atoms with van der Waals surface area (Å²) in [6.07, 6.45) is 2.79. The predicted octanol–water partition coefficient (Wildman–Crippen LogP) is 1.01. The number of aromatic nitrogens is 3. The second-order valence-electron chi connectivity index (χ2n) is 4.61. The van der Waals surface area contributed by atoms with Gasteiger partial charge in [-0.25, -0.2) is 18.2 Å². The van der Waals surface area contributed by atoms with E-state index in [1.54, 1.807) is 0 Å². The Hall–Kier alpha value is -1.48. The Kier molecular flexibility index (Phi) is 6.28. The van der Waals surface area contributed by atoms with Gasteiger partial charge in [-0.15, -0.1) is 5.10 Å². The summed E-state index contributed by atoms with van der Waals surface area (Å²) in [6.45, 7) is 7.11. The van der Waals surface area contributed by atoms with E-state index in [-0.39, 0.29) is 11.2 Å². The standard InChI is InChI=1S/C12H23N5O3S/c1-5-8-9-15(4)21(19,20)11-13-10-17(14-11)12(18)16(6-2)7-3/h10H,5-9H2,1-4H3. The largest absolute Gasteiger partial charge is 0.346 e. The molecule has 0 saturated carbocycles. The van der Waals surface area contributed by atoms with Crippen LogP contribution in [0, 0.1) is 0 Å². The Balaban J connectivity index is 2.94. The number of nitrogens with zero attached hydrogens (tertiary/aromatic N) is 5. The third kappa shape index (κ3) is 4.01. The van der Waals surface area contributed by atoms with Gasteiger partial charge in [0.15, 0.2) is 0 Å². The van der Waals surface area contributed by atoms with Gasteiger partial charge in [-0.3, -0.25) is 0 Å². The zero-order valence-corrected chi connectivity index (χ0v) is 13.8. The van der Waals surface area contributed by atoms with Crippen LogP contribution in [0.5, 0.6) is 0 Å². The fourth-order valence-electron chi connectivity index (χ4n) is 1.74. The normalized spacial score (nSPS) is 11.9. The van der Waals surface area contributed by atoms with Crippen molar-refractivity contribution in [3.8, 4) is 0 Å². The minimum Gasteiger partial charge on any atom is -0.323 e. The van der Waals surface area contributed by atoms with E-state index in [1.807, 2.05) is 20.8 Å². The van der Waals surface area contributed by atoms with Crippen LogP contribution in [0.2, 0.25) is 0 Å². The maximum absolute atomic E-state index is 12.2. The smallest absolute Gasteiger partial charge is 0.323 e. The van der Waals surface area contributed by atoms with Crippen LogP contribution in [-0.2, 0) is 10.0 Å². The van der Waals surface area contributed by atoms with E-state index in [0.717, 1.165) is 23.9 Å². The zero-order valence-electron chi connectivity index (χ0n) is 13.0. The molecule has 1 rings (SSSR count). The quantitative estimate of drug-likeness (QED) is 0.749. The molecule has 120 valence electrons. The van der Waals surface area contributed by atoms with Crippen molar-refractivity contribution in [1.29, 1.82) is 0 Å². The first kappa shape index (κ1) is 17.6. The molecule has 0 aliphatic carbocycles. The molecule has 0 fully saturated rings. The molecular weight excluding hydrogens is 294 g/mol. The summed E-state index contributed by atoms with van der Waals surface area (Å²) in [5, 5.41) is 3.47. The van der Waals surface area contributed by atoms with Gasteiger partial charge in [0, 0.05) is 26.7 Å². The lowest BCUT2D eigenvalue weighted by molar-refractivity contribution is 0.201. The van der Waals surface area contributed by atoms with Crippen LogP contribution in [0.25, 0.3) is 0 Å². The van der Waals surface area contributed by atoms with Crippen molar-refractivity contribution in [1.82, 2.24) is 24.0 Å². The molecule has 1 amide bonds. The van der Waals surface area contributed by atoms with Crippen molar-refractivity contribution in [2.75, 3.05) is 26.7 Å². The second kappa shape index (κ2) is 7.51. The minimum atomic E-state index is -3.74. The molecule has 1 heterocycles. The van der Waals surface area contributed by atoms with Gasteiger partial charge in [-0.05, 0) is 20.3 Å². The number of sulfonamides is 1. The van der Waals surface area contributed by atoms with E-state index in [2.05, 4.69) is 10.1 Å². The highest BCUT2D eigenvalue weighted by molar-refractivity contribution is 7.88. The van der Waals surface area contributed by atoms with E-state index >= 15 is 0 Å². The lowest BCUT2D eigenvalue weighted by Gasteiger charge is -2.17. The van der Waals surface area contributed by atoms with Crippen LogP contribution >= 0.6 is 0 Å². The Labute approximate surface area is 125 Å². The van der Waals surface area contributed by atoms with Crippen LogP contribution in [0.1, 0.15) is 33.6 Å². The molecule has 0 aliphatic heterocycles. The molecule has 0 spiro atoms. The number of amides is 1. The van der Waals surface area contributed by atoms with Crippen molar-refractivity contribution < 1.29 is 13.2 Å². The first-order chi connectivity index (χ1) is 9.88. The molecule has 1 aromatic heterocycles. The highest BCUT2D eigenvalue weighted by atomic mass is 32.2. The lowest BCUT2D eigenvalue weighted by atomic mass is 10.3. The summed E-state index contributed by atoms with van der Waals surface area (Å²) in [5.74, 6) is 0. The van der Waals surface area contributed by atoms with E-state index in [4.69, 9.17) is 0 Å². The van der Waals surface area contributed by atoms with Gasteiger partial charge in [0.25, 0.3) is 15.2 Å². The van der Waals surface area contributed by atoms with Gasteiger partial charge in [-0.1, -0.05) is 13.3 Å². The molecule has 0 saturated heterocycles. The van der Waals surface area contributed by atoms with Gasteiger partial charge in [0.2, 0.25) is 0 Å². The summed E-state index contributed by atoms with van der Waals surface area (Å²) in [5.41, 5.74) is 0. The highest BCUT2D eigenvalue weighted by Crippen LogP contribution is 2.10. The van der Waals surface area contributed by atoms with Crippen LogP contribution in [0.3, 0.4) is 0 Å². The van der Waals surface area contributed by atoms with Gasteiger partial charge in [-0.2, -0.15) is 8.99 Å². The molecule has 0 radical (unpaired) electrons. The Morgan fingerprint density at radius 3 is 2.43 bits per heavy atom. The average Bonchev–Trinajstić information content (AvgIpc) is 2.96. The second-order valence-corrected chi connectivity index (χ2v) is 6.55. The van der Waals surface area contributed by atoms with Crippen LogP contribution in [-0.4, -0.2) is 65.1 Å². The lowest BCUT2D eigenvalue weighted by Crippen LogP contribution is -2.35. The summed E-state index contributed by atoms with van der Waals surface area (Å²) in [6, 6.07) is -0.384. The van der Waals surface area contributed by atoms with Crippen molar-refractivity contribution >= 4 is 16.1 Å². The first-order valence-electron chi connectivity index (χ1n) is 7.05. The fourth-order valence-corrected chi connectivity index (χ4v) is 2.76. The molecular formula is C12H23N5O3S. The Bertz CT molecular complexity index is 565. The molecule has 8 nitrogen and oxygen atoms in total. The van der Waals surface area contributed by atoms with Gasteiger partial charge in [0.1, 0.15) is 6.33 Å². The SMILES string of the molecule is CCCCN(C)S(=O)(=O)c1ncn(C(=O)N(CC)CC)n1. The number of unbranched alkanes of at least 4 members (excludes halogenated alkanes) is 1. The van der Waals surface area contributed by atoms with Gasteiger partial charge in [0.05, 0.1) is 0 Å². The number of carbonyl (C=O) groups is 1. The molecule has 0 aromatic carbocycles. The van der Waals surface area contributed by atoms with E-state index in [9.17, 15) is 13.2 Å².